The van der Waals surface area contributed by atoms with Crippen LogP contribution in [-0.2, 0) is 4.79 Å². The van der Waals surface area contributed by atoms with Gasteiger partial charge < -0.3 is 14.5 Å². The molecule has 0 bridgehead atoms. The fourth-order valence-electron chi connectivity index (χ4n) is 2.20. The highest BCUT2D eigenvalue weighted by Gasteiger charge is 2.25. The van der Waals surface area contributed by atoms with Gasteiger partial charge in [-0.2, -0.15) is 5.10 Å². The highest BCUT2D eigenvalue weighted by Crippen LogP contribution is 2.24. The zero-order valence-corrected chi connectivity index (χ0v) is 11.7. The van der Waals surface area contributed by atoms with E-state index in [-0.39, 0.29) is 11.8 Å². The van der Waals surface area contributed by atoms with E-state index in [0.29, 0.717) is 0 Å². The number of hydrogen-bond acceptors (Lipinski definition) is 5. The third-order valence-electron chi connectivity index (χ3n) is 3.27. The number of anilines is 1. The second kappa shape index (κ2) is 5.86. The third-order valence-corrected chi connectivity index (χ3v) is 3.27. The summed E-state index contributed by atoms with van der Waals surface area (Å²) in [7, 11) is 1.62. The number of hydrogen-bond donors (Lipinski definition) is 0. The Hall–Kier alpha value is -1.85. The molecule has 1 saturated heterocycles. The van der Waals surface area contributed by atoms with Crippen LogP contribution in [0, 0.1) is 5.92 Å². The molecule has 0 aliphatic carbocycles. The van der Waals surface area contributed by atoms with Crippen LogP contribution in [0.25, 0.3) is 0 Å². The van der Waals surface area contributed by atoms with Gasteiger partial charge in [0.15, 0.2) is 11.6 Å². The molecule has 19 heavy (non-hydrogen) atoms. The molecule has 2 rings (SSSR count). The predicted molar refractivity (Wildman–Crippen MR) is 72.2 cm³/mol. The van der Waals surface area contributed by atoms with E-state index in [1.807, 2.05) is 18.7 Å². The minimum Gasteiger partial charge on any atom is -0.493 e. The molecule has 6 nitrogen and oxygen atoms in total. The van der Waals surface area contributed by atoms with Crippen LogP contribution in [0.15, 0.2) is 12.3 Å². The maximum Gasteiger partial charge on any atom is 0.225 e. The molecule has 1 aliphatic heterocycles. The van der Waals surface area contributed by atoms with Crippen LogP contribution in [0.2, 0.25) is 0 Å². The van der Waals surface area contributed by atoms with Crippen LogP contribution in [0.3, 0.4) is 0 Å². The summed E-state index contributed by atoms with van der Waals surface area (Å²) in [4.78, 5) is 15.9. The van der Waals surface area contributed by atoms with Crippen LogP contribution >= 0.6 is 0 Å². The molecule has 0 saturated carbocycles. The molecular formula is C13H20N4O2. The van der Waals surface area contributed by atoms with Crippen molar-refractivity contribution >= 4 is 11.7 Å². The first-order chi connectivity index (χ1) is 9.13. The number of ether oxygens (including phenoxy) is 1. The summed E-state index contributed by atoms with van der Waals surface area (Å²) in [6.45, 7) is 6.81. The fraction of sp³-hybridized carbons (Fsp3) is 0.615. The first kappa shape index (κ1) is 13.6. The standard InChI is InChI=1S/C13H20N4O2/c1-10(2)13(18)17-8-6-16(7-9-17)12-11(19-3)4-5-14-15-12/h4-5,10H,6-9H2,1-3H3. The highest BCUT2D eigenvalue weighted by molar-refractivity contribution is 5.78. The van der Waals surface area contributed by atoms with Crippen LogP contribution in [0.4, 0.5) is 5.82 Å². The third kappa shape index (κ3) is 2.94. The Morgan fingerprint density at radius 2 is 2.00 bits per heavy atom. The molecule has 2 heterocycles. The summed E-state index contributed by atoms with van der Waals surface area (Å²) < 4.78 is 5.29. The van der Waals surface area contributed by atoms with Gasteiger partial charge >= 0.3 is 0 Å². The van der Waals surface area contributed by atoms with Gasteiger partial charge in [0, 0.05) is 38.2 Å². The summed E-state index contributed by atoms with van der Waals surface area (Å²) >= 11 is 0. The molecule has 0 N–H and O–H groups in total. The van der Waals surface area contributed by atoms with Gasteiger partial charge in [-0.15, -0.1) is 5.10 Å². The van der Waals surface area contributed by atoms with Gasteiger partial charge in [-0.3, -0.25) is 4.79 Å². The lowest BCUT2D eigenvalue weighted by molar-refractivity contribution is -0.134. The molecule has 0 aromatic carbocycles. The number of carbonyl (C=O) groups is 1. The number of piperazine rings is 1. The highest BCUT2D eigenvalue weighted by atomic mass is 16.5. The zero-order chi connectivity index (χ0) is 13.8. The van der Waals surface area contributed by atoms with Gasteiger partial charge in [0.1, 0.15) is 0 Å². The van der Waals surface area contributed by atoms with Crippen molar-refractivity contribution in [2.75, 3.05) is 38.2 Å². The van der Waals surface area contributed by atoms with Crippen molar-refractivity contribution in [1.82, 2.24) is 15.1 Å². The van der Waals surface area contributed by atoms with Crippen LogP contribution in [0.5, 0.6) is 5.75 Å². The van der Waals surface area contributed by atoms with Gasteiger partial charge in [0.2, 0.25) is 5.91 Å². The molecule has 104 valence electrons. The van der Waals surface area contributed by atoms with Crippen molar-refractivity contribution in [3.63, 3.8) is 0 Å². The van der Waals surface area contributed by atoms with Crippen molar-refractivity contribution < 1.29 is 9.53 Å². The Labute approximate surface area is 113 Å². The van der Waals surface area contributed by atoms with Gasteiger partial charge in [0.25, 0.3) is 0 Å². The van der Waals surface area contributed by atoms with Crippen molar-refractivity contribution in [2.45, 2.75) is 13.8 Å². The second-order valence-corrected chi connectivity index (χ2v) is 4.89. The van der Waals surface area contributed by atoms with E-state index in [9.17, 15) is 4.79 Å². The molecule has 0 unspecified atom stereocenters. The largest absolute Gasteiger partial charge is 0.493 e. The molecule has 0 atom stereocenters. The SMILES string of the molecule is COc1ccnnc1N1CCN(C(=O)C(C)C)CC1. The number of nitrogens with zero attached hydrogens (tertiary/aromatic N) is 4. The molecule has 6 heteroatoms. The molecule has 1 fully saturated rings. The van der Waals surface area contributed by atoms with Crippen molar-refractivity contribution in [3.05, 3.63) is 12.3 Å². The molecule has 1 aliphatic rings. The van der Waals surface area contributed by atoms with E-state index in [0.717, 1.165) is 37.7 Å². The lowest BCUT2D eigenvalue weighted by Crippen LogP contribution is -2.50. The maximum atomic E-state index is 11.9. The number of aromatic nitrogens is 2. The Kier molecular flexibility index (Phi) is 4.19. The zero-order valence-electron chi connectivity index (χ0n) is 11.7. The summed E-state index contributed by atoms with van der Waals surface area (Å²) in [5.41, 5.74) is 0. The van der Waals surface area contributed by atoms with E-state index in [1.165, 1.54) is 0 Å². The Morgan fingerprint density at radius 1 is 1.32 bits per heavy atom. The quantitative estimate of drug-likeness (QED) is 0.808. The van der Waals surface area contributed by atoms with Crippen molar-refractivity contribution in [2.24, 2.45) is 5.92 Å². The van der Waals surface area contributed by atoms with E-state index < -0.39 is 0 Å². The average molecular weight is 264 g/mol. The van der Waals surface area contributed by atoms with E-state index >= 15 is 0 Å². The van der Waals surface area contributed by atoms with Crippen LogP contribution in [-0.4, -0.2) is 54.3 Å². The number of amides is 1. The Bertz CT molecular complexity index is 442. The lowest BCUT2D eigenvalue weighted by atomic mass is 10.1. The predicted octanol–water partition coefficient (Wildman–Crippen LogP) is 0.790. The molecule has 0 radical (unpaired) electrons. The van der Waals surface area contributed by atoms with Crippen LogP contribution < -0.4 is 9.64 Å². The normalized spacial score (nSPS) is 15.8. The van der Waals surface area contributed by atoms with Crippen LogP contribution in [0.1, 0.15) is 13.8 Å². The topological polar surface area (TPSA) is 58.6 Å². The number of carbonyl (C=O) groups excluding carboxylic acids is 1. The smallest absolute Gasteiger partial charge is 0.225 e. The Morgan fingerprint density at radius 3 is 2.58 bits per heavy atom. The van der Waals surface area contributed by atoms with Crippen molar-refractivity contribution in [1.29, 1.82) is 0 Å². The molecule has 1 aromatic rings. The first-order valence-electron chi connectivity index (χ1n) is 6.53. The van der Waals surface area contributed by atoms with Gasteiger partial charge in [-0.25, -0.2) is 0 Å². The lowest BCUT2D eigenvalue weighted by Gasteiger charge is -2.36. The van der Waals surface area contributed by atoms with E-state index in [4.69, 9.17) is 4.74 Å². The monoisotopic (exact) mass is 264 g/mol. The fourth-order valence-corrected chi connectivity index (χ4v) is 2.20. The number of methoxy groups -OCH3 is 1. The molecular weight excluding hydrogens is 244 g/mol. The second-order valence-electron chi connectivity index (χ2n) is 4.89. The Balaban J connectivity index is 2.02. The summed E-state index contributed by atoms with van der Waals surface area (Å²) in [6, 6.07) is 1.80. The summed E-state index contributed by atoms with van der Waals surface area (Å²) in [6.07, 6.45) is 1.61. The van der Waals surface area contributed by atoms with Gasteiger partial charge in [-0.1, -0.05) is 13.8 Å². The van der Waals surface area contributed by atoms with E-state index in [2.05, 4.69) is 15.1 Å². The van der Waals surface area contributed by atoms with Gasteiger partial charge in [0.05, 0.1) is 13.3 Å². The average Bonchev–Trinajstić information content (AvgIpc) is 2.46. The maximum absolute atomic E-state index is 11.9. The molecule has 0 spiro atoms. The first-order valence-corrected chi connectivity index (χ1v) is 6.53. The molecule has 1 aromatic heterocycles. The minimum absolute atomic E-state index is 0.0533. The number of rotatable bonds is 3. The minimum atomic E-state index is 0.0533. The summed E-state index contributed by atoms with van der Waals surface area (Å²) in [5, 5.41) is 8.02. The summed E-state index contributed by atoms with van der Waals surface area (Å²) in [5.74, 6) is 1.74. The van der Waals surface area contributed by atoms with Gasteiger partial charge in [-0.05, 0) is 0 Å². The van der Waals surface area contributed by atoms with E-state index in [1.54, 1.807) is 19.4 Å². The van der Waals surface area contributed by atoms with Crippen molar-refractivity contribution in [3.8, 4) is 5.75 Å². The molecule has 1 amide bonds.